The highest BCUT2D eigenvalue weighted by molar-refractivity contribution is 5.91. The Balaban J connectivity index is 1.55. The average molecular weight is 339 g/mol. The highest BCUT2D eigenvalue weighted by atomic mass is 16.6. The molecule has 0 saturated heterocycles. The normalized spacial score (nSPS) is 17.9. The first-order valence-electron chi connectivity index (χ1n) is 8.71. The van der Waals surface area contributed by atoms with Crippen LogP contribution in [0.5, 0.6) is 11.5 Å². The van der Waals surface area contributed by atoms with Crippen LogP contribution in [0.1, 0.15) is 41.7 Å². The van der Waals surface area contributed by atoms with E-state index in [9.17, 15) is 4.79 Å². The summed E-state index contributed by atoms with van der Waals surface area (Å²) in [7, 11) is 0. The van der Waals surface area contributed by atoms with E-state index in [0.717, 1.165) is 37.2 Å². The molecule has 2 aromatic rings. The molecule has 0 spiro atoms. The lowest BCUT2D eigenvalue weighted by Gasteiger charge is -2.31. The van der Waals surface area contributed by atoms with Crippen molar-refractivity contribution in [1.29, 1.82) is 0 Å². The zero-order valence-corrected chi connectivity index (χ0v) is 14.0. The summed E-state index contributed by atoms with van der Waals surface area (Å²) in [5.74, 6) is 1.42. The summed E-state index contributed by atoms with van der Waals surface area (Å²) in [5.41, 5.74) is 1.49. The number of hydrogen-bond donors (Lipinski definition) is 1. The van der Waals surface area contributed by atoms with Crippen molar-refractivity contribution in [3.63, 3.8) is 0 Å². The van der Waals surface area contributed by atoms with Crippen molar-refractivity contribution >= 4 is 5.91 Å². The van der Waals surface area contributed by atoms with Crippen LogP contribution >= 0.6 is 0 Å². The van der Waals surface area contributed by atoms with Gasteiger partial charge in [-0.3, -0.25) is 9.78 Å². The number of carbonyl (C=O) groups excluding carboxylic acids is 1. The van der Waals surface area contributed by atoms with Crippen molar-refractivity contribution in [2.45, 2.75) is 31.1 Å². The molecule has 0 radical (unpaired) electrons. The molecule has 0 bridgehead atoms. The second-order valence-electron chi connectivity index (χ2n) is 6.62. The monoisotopic (exact) mass is 339 g/mol. The minimum atomic E-state index is -0.183. The first-order chi connectivity index (χ1) is 12.3. The predicted octanol–water partition coefficient (Wildman–Crippen LogP) is 2.49. The van der Waals surface area contributed by atoms with Crippen LogP contribution in [0, 0.1) is 0 Å². The lowest BCUT2D eigenvalue weighted by Crippen LogP contribution is -2.39. The molecule has 2 aliphatic rings. The second kappa shape index (κ2) is 6.70. The number of amides is 1. The Morgan fingerprint density at radius 1 is 1.12 bits per heavy atom. The van der Waals surface area contributed by atoms with Crippen molar-refractivity contribution < 1.29 is 14.3 Å². The summed E-state index contributed by atoms with van der Waals surface area (Å²) < 4.78 is 11.4. The maximum Gasteiger partial charge on any atom is 0.271 e. The number of carbonyl (C=O) groups is 1. The summed E-state index contributed by atoms with van der Waals surface area (Å²) in [6, 6.07) is 6.16. The molecule has 1 amide bonds. The van der Waals surface area contributed by atoms with E-state index in [1.807, 2.05) is 6.07 Å². The number of nitrogens with one attached hydrogen (secondary N) is 1. The molecule has 1 aromatic carbocycles. The van der Waals surface area contributed by atoms with E-state index in [-0.39, 0.29) is 11.3 Å². The van der Waals surface area contributed by atoms with Gasteiger partial charge in [-0.25, -0.2) is 4.98 Å². The second-order valence-corrected chi connectivity index (χ2v) is 6.62. The van der Waals surface area contributed by atoms with Gasteiger partial charge in [-0.05, 0) is 30.5 Å². The molecule has 2 heterocycles. The zero-order chi connectivity index (χ0) is 17.1. The fraction of sp³-hybridized carbons (Fsp3) is 0.421. The van der Waals surface area contributed by atoms with Crippen molar-refractivity contribution in [2.75, 3.05) is 19.8 Å². The zero-order valence-electron chi connectivity index (χ0n) is 14.0. The number of benzene rings is 1. The topological polar surface area (TPSA) is 73.3 Å². The third-order valence-corrected chi connectivity index (χ3v) is 5.10. The molecule has 130 valence electrons. The molecule has 1 saturated carbocycles. The van der Waals surface area contributed by atoms with Crippen LogP contribution in [0.25, 0.3) is 0 Å². The summed E-state index contributed by atoms with van der Waals surface area (Å²) in [6.07, 6.45) is 9.00. The fourth-order valence-electron chi connectivity index (χ4n) is 3.75. The number of rotatable bonds is 4. The molecule has 6 heteroatoms. The molecule has 4 rings (SSSR count). The molecular formula is C19H21N3O3. The number of nitrogens with zero attached hydrogens (tertiary/aromatic N) is 2. The van der Waals surface area contributed by atoms with Gasteiger partial charge in [0.05, 0.1) is 6.20 Å². The van der Waals surface area contributed by atoms with E-state index in [2.05, 4.69) is 27.4 Å². The Hall–Kier alpha value is -2.63. The maximum absolute atomic E-state index is 12.3. The molecule has 1 N–H and O–H groups in total. The van der Waals surface area contributed by atoms with Crippen molar-refractivity contribution in [1.82, 2.24) is 15.3 Å². The van der Waals surface area contributed by atoms with E-state index in [1.54, 1.807) is 6.20 Å². The van der Waals surface area contributed by atoms with E-state index in [0.29, 0.717) is 25.5 Å². The largest absolute Gasteiger partial charge is 0.486 e. The van der Waals surface area contributed by atoms with Crippen LogP contribution in [0.15, 0.2) is 36.8 Å². The van der Waals surface area contributed by atoms with Crippen LogP contribution in [0.2, 0.25) is 0 Å². The Morgan fingerprint density at radius 2 is 1.92 bits per heavy atom. The van der Waals surface area contributed by atoms with E-state index in [1.165, 1.54) is 18.0 Å². The van der Waals surface area contributed by atoms with Crippen LogP contribution in [-0.2, 0) is 5.41 Å². The molecule has 0 unspecified atom stereocenters. The van der Waals surface area contributed by atoms with Gasteiger partial charge in [0.2, 0.25) is 0 Å². The quantitative estimate of drug-likeness (QED) is 0.926. The van der Waals surface area contributed by atoms with Crippen molar-refractivity contribution in [3.05, 3.63) is 48.0 Å². The van der Waals surface area contributed by atoms with Crippen LogP contribution in [-0.4, -0.2) is 35.6 Å². The molecule has 25 heavy (non-hydrogen) atoms. The minimum absolute atomic E-state index is 0.0618. The van der Waals surface area contributed by atoms with E-state index >= 15 is 0 Å². The first-order valence-corrected chi connectivity index (χ1v) is 8.71. The third kappa shape index (κ3) is 3.16. The van der Waals surface area contributed by atoms with Crippen LogP contribution < -0.4 is 14.8 Å². The molecule has 1 aromatic heterocycles. The molecule has 6 nitrogen and oxygen atoms in total. The van der Waals surface area contributed by atoms with Gasteiger partial charge in [0, 0.05) is 24.4 Å². The first kappa shape index (κ1) is 15.9. The van der Waals surface area contributed by atoms with Crippen LogP contribution in [0.3, 0.4) is 0 Å². The highest BCUT2D eigenvalue weighted by Crippen LogP contribution is 2.43. The maximum atomic E-state index is 12.3. The summed E-state index contributed by atoms with van der Waals surface area (Å²) in [4.78, 5) is 20.4. The predicted molar refractivity (Wildman–Crippen MR) is 91.9 cm³/mol. The van der Waals surface area contributed by atoms with Gasteiger partial charge in [0.15, 0.2) is 11.5 Å². The third-order valence-electron chi connectivity index (χ3n) is 5.10. The lowest BCUT2D eigenvalue weighted by atomic mass is 9.78. The number of aromatic nitrogens is 2. The Kier molecular flexibility index (Phi) is 4.26. The fourth-order valence-corrected chi connectivity index (χ4v) is 3.75. The summed E-state index contributed by atoms with van der Waals surface area (Å²) >= 11 is 0. The molecule has 0 atom stereocenters. The summed E-state index contributed by atoms with van der Waals surface area (Å²) in [5, 5.41) is 3.05. The van der Waals surface area contributed by atoms with Gasteiger partial charge in [-0.15, -0.1) is 0 Å². The molecule has 1 fully saturated rings. The van der Waals surface area contributed by atoms with Gasteiger partial charge in [0.25, 0.3) is 5.91 Å². The van der Waals surface area contributed by atoms with Crippen molar-refractivity contribution in [2.24, 2.45) is 0 Å². The number of ether oxygens (including phenoxy) is 2. The molecule has 1 aliphatic carbocycles. The summed E-state index contributed by atoms with van der Waals surface area (Å²) in [6.45, 7) is 1.75. The van der Waals surface area contributed by atoms with E-state index in [4.69, 9.17) is 9.47 Å². The smallest absolute Gasteiger partial charge is 0.271 e. The average Bonchev–Trinajstić information content (AvgIpc) is 3.16. The number of fused-ring (bicyclic) bond motifs is 1. The Morgan fingerprint density at radius 3 is 2.68 bits per heavy atom. The van der Waals surface area contributed by atoms with Crippen LogP contribution in [0.4, 0.5) is 0 Å². The van der Waals surface area contributed by atoms with E-state index < -0.39 is 0 Å². The Labute approximate surface area is 146 Å². The number of hydrogen-bond acceptors (Lipinski definition) is 5. The SMILES string of the molecule is O=C(NCC1(c2ccc3c(c2)OCCO3)CCCC1)c1cnccn1. The lowest BCUT2D eigenvalue weighted by molar-refractivity contribution is 0.0937. The molecule has 1 aliphatic heterocycles. The van der Waals surface area contributed by atoms with Gasteiger partial charge in [0.1, 0.15) is 18.9 Å². The Bertz CT molecular complexity index is 758. The van der Waals surface area contributed by atoms with Gasteiger partial charge < -0.3 is 14.8 Å². The minimum Gasteiger partial charge on any atom is -0.486 e. The standard InChI is InChI=1S/C19H21N3O3/c23-18(15-12-20-7-8-21-15)22-13-19(5-1-2-6-19)14-3-4-16-17(11-14)25-10-9-24-16/h3-4,7-8,11-12H,1-2,5-6,9-10,13H2,(H,22,23). The highest BCUT2D eigenvalue weighted by Gasteiger charge is 2.37. The van der Waals surface area contributed by atoms with Gasteiger partial charge in [-0.2, -0.15) is 0 Å². The van der Waals surface area contributed by atoms with Gasteiger partial charge >= 0.3 is 0 Å². The van der Waals surface area contributed by atoms with Crippen molar-refractivity contribution in [3.8, 4) is 11.5 Å². The molecular weight excluding hydrogens is 318 g/mol. The van der Waals surface area contributed by atoms with Gasteiger partial charge in [-0.1, -0.05) is 18.9 Å².